The number of hydrogen-bond acceptors (Lipinski definition) is 7. The average Bonchev–Trinajstić information content (AvgIpc) is 2.98. The monoisotopic (exact) mass is 383 g/mol. The van der Waals surface area contributed by atoms with Crippen LogP contribution in [-0.4, -0.2) is 43.8 Å². The third-order valence-electron chi connectivity index (χ3n) is 3.57. The summed E-state index contributed by atoms with van der Waals surface area (Å²) in [5, 5.41) is 0. The first kappa shape index (κ1) is 20.4. The van der Waals surface area contributed by atoms with Crippen molar-refractivity contribution in [3.05, 3.63) is 18.5 Å². The minimum absolute atomic E-state index is 0.0987. The minimum Gasteiger partial charge on any atom is -0.476 e. The topological polar surface area (TPSA) is 125 Å². The molecule has 1 atom stereocenters. The maximum absolute atomic E-state index is 11.8. The van der Waals surface area contributed by atoms with Crippen molar-refractivity contribution in [3.63, 3.8) is 0 Å². The van der Waals surface area contributed by atoms with Gasteiger partial charge in [-0.1, -0.05) is 25.5 Å². The van der Waals surface area contributed by atoms with Gasteiger partial charge in [-0.25, -0.2) is 4.98 Å². The molecule has 10 heteroatoms. The third-order valence-corrected chi connectivity index (χ3v) is 4.98. The van der Waals surface area contributed by atoms with Crippen LogP contribution in [0.5, 0.6) is 5.88 Å². The smallest absolute Gasteiger partial charge is 0.328 e. The van der Waals surface area contributed by atoms with Crippen LogP contribution in [0.3, 0.4) is 0 Å². The molecule has 3 N–H and O–H groups in total. The molecule has 0 aromatic carbocycles. The van der Waals surface area contributed by atoms with Gasteiger partial charge in [-0.2, -0.15) is 9.97 Å². The highest BCUT2D eigenvalue weighted by Crippen LogP contribution is 2.42. The van der Waals surface area contributed by atoms with Gasteiger partial charge in [0.1, 0.15) is 0 Å². The molecular formula is C16H26N5O4P. The van der Waals surface area contributed by atoms with Crippen LogP contribution in [0.25, 0.3) is 11.2 Å². The highest BCUT2D eigenvalue weighted by atomic mass is 31.2. The second-order valence-corrected chi connectivity index (χ2v) is 7.68. The molecule has 0 radical (unpaired) electrons. The summed E-state index contributed by atoms with van der Waals surface area (Å²) in [5.41, 5.74) is 6.86. The van der Waals surface area contributed by atoms with E-state index in [2.05, 4.69) is 15.0 Å². The molecule has 26 heavy (non-hydrogen) atoms. The van der Waals surface area contributed by atoms with Crippen LogP contribution in [0.4, 0.5) is 5.95 Å². The number of nitrogens with two attached hydrogens (primary N) is 1. The number of aromatic nitrogens is 4. The lowest BCUT2D eigenvalue weighted by atomic mass is 10.4. The molecule has 0 saturated heterocycles. The Morgan fingerprint density at radius 3 is 2.88 bits per heavy atom. The second-order valence-electron chi connectivity index (χ2n) is 5.70. The Morgan fingerprint density at radius 2 is 2.15 bits per heavy atom. The molecular weight excluding hydrogens is 357 g/mol. The van der Waals surface area contributed by atoms with Gasteiger partial charge in [0.15, 0.2) is 11.2 Å². The largest absolute Gasteiger partial charge is 0.476 e. The molecule has 2 aromatic rings. The molecule has 2 heterocycles. The SMILES string of the molecule is CCCCOP(=O)(O)CC/C=C\Cn1cnc2c(OCC)nc(N)nc21. The van der Waals surface area contributed by atoms with Crippen molar-refractivity contribution in [2.45, 2.75) is 39.7 Å². The molecule has 0 fully saturated rings. The van der Waals surface area contributed by atoms with Gasteiger partial charge in [0, 0.05) is 6.54 Å². The average molecular weight is 383 g/mol. The minimum atomic E-state index is -3.51. The van der Waals surface area contributed by atoms with E-state index in [-0.39, 0.29) is 12.1 Å². The van der Waals surface area contributed by atoms with E-state index in [4.69, 9.17) is 15.0 Å². The molecule has 2 rings (SSSR count). The fourth-order valence-corrected chi connectivity index (χ4v) is 3.28. The molecule has 0 saturated carbocycles. The van der Waals surface area contributed by atoms with Gasteiger partial charge < -0.3 is 24.5 Å². The van der Waals surface area contributed by atoms with Gasteiger partial charge in [-0.05, 0) is 19.8 Å². The first-order valence-electron chi connectivity index (χ1n) is 8.69. The van der Waals surface area contributed by atoms with E-state index < -0.39 is 7.60 Å². The standard InChI is InChI=1S/C16H26N5O4P/c1-3-5-10-25-26(22,23)11-8-6-7-9-21-12-18-13-14(21)19-16(17)20-15(13)24-4-2/h6-7,12H,3-5,8-11H2,1-2H3,(H,22,23)(H2,17,19,20)/b7-6-. The molecule has 1 unspecified atom stereocenters. The Balaban J connectivity index is 1.93. The molecule has 0 aliphatic heterocycles. The third kappa shape index (κ3) is 5.79. The van der Waals surface area contributed by atoms with E-state index in [1.807, 2.05) is 30.6 Å². The lowest BCUT2D eigenvalue weighted by molar-refractivity contribution is 0.255. The van der Waals surface area contributed by atoms with Gasteiger partial charge in [-0.15, -0.1) is 0 Å². The van der Waals surface area contributed by atoms with E-state index in [0.717, 1.165) is 12.8 Å². The Labute approximate surface area is 152 Å². The van der Waals surface area contributed by atoms with E-state index in [1.54, 1.807) is 6.33 Å². The summed E-state index contributed by atoms with van der Waals surface area (Å²) in [4.78, 5) is 22.3. The molecule has 0 spiro atoms. The molecule has 0 aliphatic rings. The lowest BCUT2D eigenvalue weighted by Crippen LogP contribution is -2.03. The van der Waals surface area contributed by atoms with Crippen LogP contribution in [-0.2, 0) is 15.6 Å². The number of unbranched alkanes of at least 4 members (excludes halogenated alkanes) is 1. The van der Waals surface area contributed by atoms with Gasteiger partial charge >= 0.3 is 7.60 Å². The number of imidazole rings is 1. The van der Waals surface area contributed by atoms with Crippen molar-refractivity contribution in [2.75, 3.05) is 25.1 Å². The number of anilines is 1. The molecule has 144 valence electrons. The predicted octanol–water partition coefficient (Wildman–Crippen LogP) is 2.76. The van der Waals surface area contributed by atoms with E-state index in [1.165, 1.54) is 0 Å². The number of hydrogen-bond donors (Lipinski definition) is 2. The number of nitrogen functional groups attached to an aromatic ring is 1. The zero-order valence-corrected chi connectivity index (χ0v) is 16.1. The van der Waals surface area contributed by atoms with Crippen LogP contribution in [0.15, 0.2) is 18.5 Å². The lowest BCUT2D eigenvalue weighted by Gasteiger charge is -2.10. The van der Waals surface area contributed by atoms with Crippen molar-refractivity contribution in [1.29, 1.82) is 0 Å². The first-order valence-corrected chi connectivity index (χ1v) is 10.5. The van der Waals surface area contributed by atoms with Gasteiger partial charge in [-0.3, -0.25) is 4.57 Å². The van der Waals surface area contributed by atoms with Crippen molar-refractivity contribution in [2.24, 2.45) is 0 Å². The summed E-state index contributed by atoms with van der Waals surface area (Å²) in [7, 11) is -3.51. The highest BCUT2D eigenvalue weighted by molar-refractivity contribution is 7.52. The molecule has 9 nitrogen and oxygen atoms in total. The summed E-state index contributed by atoms with van der Waals surface area (Å²) in [5.74, 6) is 0.486. The van der Waals surface area contributed by atoms with Gasteiger partial charge in [0.25, 0.3) is 0 Å². The molecule has 2 aromatic heterocycles. The fraction of sp³-hybridized carbons (Fsp3) is 0.562. The summed E-state index contributed by atoms with van der Waals surface area (Å²) in [6.45, 7) is 5.14. The maximum atomic E-state index is 11.8. The Morgan fingerprint density at radius 1 is 1.35 bits per heavy atom. The van der Waals surface area contributed by atoms with E-state index in [9.17, 15) is 9.46 Å². The van der Waals surface area contributed by atoms with Gasteiger partial charge in [0.05, 0.1) is 25.7 Å². The van der Waals surface area contributed by atoms with Crippen LogP contribution in [0, 0.1) is 0 Å². The van der Waals surface area contributed by atoms with Crippen molar-refractivity contribution in [1.82, 2.24) is 19.5 Å². The molecule has 0 amide bonds. The summed E-state index contributed by atoms with van der Waals surface area (Å²) in [6, 6.07) is 0. The van der Waals surface area contributed by atoms with E-state index in [0.29, 0.717) is 43.2 Å². The van der Waals surface area contributed by atoms with Crippen molar-refractivity contribution >= 4 is 24.7 Å². The number of allylic oxidation sites excluding steroid dienone is 2. The predicted molar refractivity (Wildman–Crippen MR) is 100 cm³/mol. The Hall–Kier alpha value is -1.96. The highest BCUT2D eigenvalue weighted by Gasteiger charge is 2.17. The van der Waals surface area contributed by atoms with Crippen molar-refractivity contribution < 1.29 is 18.7 Å². The van der Waals surface area contributed by atoms with Crippen molar-refractivity contribution in [3.8, 4) is 5.88 Å². The summed E-state index contributed by atoms with van der Waals surface area (Å²) < 4.78 is 24.1. The van der Waals surface area contributed by atoms with Crippen LogP contribution >= 0.6 is 7.60 Å². The van der Waals surface area contributed by atoms with Crippen LogP contribution in [0.1, 0.15) is 33.1 Å². The normalized spacial score (nSPS) is 14.1. The number of fused-ring (bicyclic) bond motifs is 1. The number of ether oxygens (including phenoxy) is 1. The molecule has 0 bridgehead atoms. The van der Waals surface area contributed by atoms with Crippen LogP contribution in [0.2, 0.25) is 0 Å². The summed E-state index contributed by atoms with van der Waals surface area (Å²) >= 11 is 0. The van der Waals surface area contributed by atoms with Gasteiger partial charge in [0.2, 0.25) is 11.8 Å². The number of nitrogens with zero attached hydrogens (tertiary/aromatic N) is 4. The zero-order chi connectivity index (χ0) is 19.0. The van der Waals surface area contributed by atoms with E-state index >= 15 is 0 Å². The second kappa shape index (κ2) is 9.66. The molecule has 0 aliphatic carbocycles. The zero-order valence-electron chi connectivity index (χ0n) is 15.2. The Kier molecular flexibility index (Phi) is 7.56. The maximum Gasteiger partial charge on any atom is 0.328 e. The van der Waals surface area contributed by atoms with Crippen LogP contribution < -0.4 is 10.5 Å². The fourth-order valence-electron chi connectivity index (χ4n) is 2.27. The summed E-state index contributed by atoms with van der Waals surface area (Å²) in [6.07, 6.45) is 7.62. The quantitative estimate of drug-likeness (QED) is 0.345. The Bertz CT molecular complexity index is 792. The first-order chi connectivity index (χ1) is 12.5. The number of rotatable bonds is 11.